The predicted octanol–water partition coefficient (Wildman–Crippen LogP) is 4.11. The Balaban J connectivity index is 2.03. The summed E-state index contributed by atoms with van der Waals surface area (Å²) >= 11 is 0. The van der Waals surface area contributed by atoms with Crippen molar-refractivity contribution in [3.05, 3.63) is 65.7 Å². The lowest BCUT2D eigenvalue weighted by Gasteiger charge is -2.23. The number of benzene rings is 2. The zero-order valence-electron chi connectivity index (χ0n) is 12.5. The lowest BCUT2D eigenvalue weighted by atomic mass is 10.1. The first kappa shape index (κ1) is 13.7. The summed E-state index contributed by atoms with van der Waals surface area (Å²) in [4.78, 5) is 2.46. The SMILES string of the molecule is CC1CCN(/C(=C\c2ccccc2)c2ccccc2N)C1. The Morgan fingerprint density at radius 1 is 1.10 bits per heavy atom. The number of para-hydroxylation sites is 1. The first-order valence-electron chi connectivity index (χ1n) is 7.60. The zero-order valence-corrected chi connectivity index (χ0v) is 12.5. The van der Waals surface area contributed by atoms with Crippen molar-refractivity contribution in [2.75, 3.05) is 18.8 Å². The molecule has 3 rings (SSSR count). The van der Waals surface area contributed by atoms with Gasteiger partial charge in [0.2, 0.25) is 0 Å². The highest BCUT2D eigenvalue weighted by Gasteiger charge is 2.22. The van der Waals surface area contributed by atoms with Crippen molar-refractivity contribution >= 4 is 17.5 Å². The van der Waals surface area contributed by atoms with Crippen molar-refractivity contribution in [2.24, 2.45) is 5.92 Å². The van der Waals surface area contributed by atoms with Gasteiger partial charge in [0.25, 0.3) is 0 Å². The van der Waals surface area contributed by atoms with Crippen LogP contribution in [0.25, 0.3) is 11.8 Å². The molecule has 1 saturated heterocycles. The molecule has 108 valence electrons. The number of nitrogen functional groups attached to an aromatic ring is 1. The van der Waals surface area contributed by atoms with Crippen LogP contribution in [0.3, 0.4) is 0 Å². The van der Waals surface area contributed by atoms with E-state index in [-0.39, 0.29) is 0 Å². The maximum atomic E-state index is 6.21. The third-order valence-electron chi connectivity index (χ3n) is 4.10. The van der Waals surface area contributed by atoms with E-state index in [4.69, 9.17) is 5.73 Å². The Morgan fingerprint density at radius 3 is 2.48 bits per heavy atom. The minimum atomic E-state index is 0.745. The van der Waals surface area contributed by atoms with Crippen LogP contribution in [0.2, 0.25) is 0 Å². The Kier molecular flexibility index (Phi) is 3.96. The lowest BCUT2D eigenvalue weighted by molar-refractivity contribution is 0.473. The molecule has 0 radical (unpaired) electrons. The first-order valence-corrected chi connectivity index (χ1v) is 7.60. The van der Waals surface area contributed by atoms with E-state index in [0.717, 1.165) is 30.3 Å². The van der Waals surface area contributed by atoms with Crippen molar-refractivity contribution in [3.63, 3.8) is 0 Å². The molecule has 0 spiro atoms. The molecule has 0 aliphatic carbocycles. The molecular weight excluding hydrogens is 256 g/mol. The molecule has 0 amide bonds. The van der Waals surface area contributed by atoms with E-state index in [1.807, 2.05) is 18.2 Å². The second-order valence-electron chi connectivity index (χ2n) is 5.87. The second-order valence-corrected chi connectivity index (χ2v) is 5.87. The fraction of sp³-hybridized carbons (Fsp3) is 0.263. The number of likely N-dealkylation sites (tertiary alicyclic amines) is 1. The number of rotatable bonds is 3. The highest BCUT2D eigenvalue weighted by molar-refractivity contribution is 5.85. The fourth-order valence-electron chi connectivity index (χ4n) is 2.93. The third-order valence-corrected chi connectivity index (χ3v) is 4.10. The molecule has 1 heterocycles. The molecular formula is C19H22N2. The summed E-state index contributed by atoms with van der Waals surface area (Å²) in [6, 6.07) is 18.6. The van der Waals surface area contributed by atoms with Gasteiger partial charge in [-0.05, 0) is 30.0 Å². The van der Waals surface area contributed by atoms with E-state index in [0.29, 0.717) is 0 Å². The van der Waals surface area contributed by atoms with Gasteiger partial charge in [0.05, 0.1) is 0 Å². The van der Waals surface area contributed by atoms with Crippen LogP contribution in [0, 0.1) is 5.92 Å². The van der Waals surface area contributed by atoms with Crippen LogP contribution in [0.5, 0.6) is 0 Å². The van der Waals surface area contributed by atoms with Crippen molar-refractivity contribution in [1.29, 1.82) is 0 Å². The molecule has 2 aromatic carbocycles. The molecule has 1 unspecified atom stereocenters. The molecule has 2 aromatic rings. The molecule has 2 N–H and O–H groups in total. The molecule has 1 atom stereocenters. The van der Waals surface area contributed by atoms with E-state index in [9.17, 15) is 0 Å². The van der Waals surface area contributed by atoms with E-state index < -0.39 is 0 Å². The highest BCUT2D eigenvalue weighted by Crippen LogP contribution is 2.31. The van der Waals surface area contributed by atoms with Gasteiger partial charge in [0.1, 0.15) is 0 Å². The number of nitrogens with two attached hydrogens (primary N) is 1. The minimum absolute atomic E-state index is 0.745. The molecule has 2 nitrogen and oxygen atoms in total. The molecule has 1 fully saturated rings. The molecule has 21 heavy (non-hydrogen) atoms. The van der Waals surface area contributed by atoms with Crippen LogP contribution < -0.4 is 5.73 Å². The summed E-state index contributed by atoms with van der Waals surface area (Å²) in [6.45, 7) is 4.52. The zero-order chi connectivity index (χ0) is 14.7. The van der Waals surface area contributed by atoms with Gasteiger partial charge >= 0.3 is 0 Å². The monoisotopic (exact) mass is 278 g/mol. The van der Waals surface area contributed by atoms with Crippen molar-refractivity contribution in [1.82, 2.24) is 4.90 Å². The largest absolute Gasteiger partial charge is 0.398 e. The minimum Gasteiger partial charge on any atom is -0.398 e. The number of hydrogen-bond acceptors (Lipinski definition) is 2. The third kappa shape index (κ3) is 3.10. The van der Waals surface area contributed by atoms with Crippen molar-refractivity contribution in [2.45, 2.75) is 13.3 Å². The van der Waals surface area contributed by atoms with Gasteiger partial charge in [-0.25, -0.2) is 0 Å². The maximum Gasteiger partial charge on any atom is 0.0466 e. The Hall–Kier alpha value is -2.22. The highest BCUT2D eigenvalue weighted by atomic mass is 15.2. The van der Waals surface area contributed by atoms with Gasteiger partial charge < -0.3 is 10.6 Å². The van der Waals surface area contributed by atoms with E-state index >= 15 is 0 Å². The Morgan fingerprint density at radius 2 is 1.81 bits per heavy atom. The van der Waals surface area contributed by atoms with E-state index in [2.05, 4.69) is 54.3 Å². The van der Waals surface area contributed by atoms with Gasteiger partial charge in [-0.2, -0.15) is 0 Å². The Labute approximate surface area is 126 Å². The van der Waals surface area contributed by atoms with Crippen LogP contribution in [0.1, 0.15) is 24.5 Å². The molecule has 1 aliphatic rings. The quantitative estimate of drug-likeness (QED) is 0.676. The molecule has 0 aromatic heterocycles. The molecule has 1 aliphatic heterocycles. The van der Waals surface area contributed by atoms with Gasteiger partial charge in [0.15, 0.2) is 0 Å². The summed E-state index contributed by atoms with van der Waals surface area (Å²) in [5.74, 6) is 0.745. The summed E-state index contributed by atoms with van der Waals surface area (Å²) in [5, 5.41) is 0. The van der Waals surface area contributed by atoms with Gasteiger partial charge in [-0.3, -0.25) is 0 Å². The van der Waals surface area contributed by atoms with Crippen LogP contribution in [0.4, 0.5) is 5.69 Å². The van der Waals surface area contributed by atoms with Gasteiger partial charge in [0, 0.05) is 30.0 Å². The van der Waals surface area contributed by atoms with Crippen LogP contribution >= 0.6 is 0 Å². The number of hydrogen-bond donors (Lipinski definition) is 1. The fourth-order valence-corrected chi connectivity index (χ4v) is 2.93. The van der Waals surface area contributed by atoms with Crippen molar-refractivity contribution in [3.8, 4) is 0 Å². The number of nitrogens with zero attached hydrogens (tertiary/aromatic N) is 1. The summed E-state index contributed by atoms with van der Waals surface area (Å²) in [5.41, 5.74) is 10.6. The first-order chi connectivity index (χ1) is 10.2. The Bertz CT molecular complexity index is 631. The van der Waals surface area contributed by atoms with Crippen molar-refractivity contribution < 1.29 is 0 Å². The second kappa shape index (κ2) is 6.04. The van der Waals surface area contributed by atoms with Gasteiger partial charge in [-0.1, -0.05) is 55.5 Å². The summed E-state index contributed by atoms with van der Waals surface area (Å²) < 4.78 is 0. The number of anilines is 1. The van der Waals surface area contributed by atoms with Crippen LogP contribution in [0.15, 0.2) is 54.6 Å². The average Bonchev–Trinajstić information content (AvgIpc) is 2.93. The van der Waals surface area contributed by atoms with Crippen LogP contribution in [-0.4, -0.2) is 18.0 Å². The smallest absolute Gasteiger partial charge is 0.0466 e. The topological polar surface area (TPSA) is 29.3 Å². The molecule has 0 bridgehead atoms. The predicted molar refractivity (Wildman–Crippen MR) is 90.5 cm³/mol. The normalized spacial score (nSPS) is 19.0. The average molecular weight is 278 g/mol. The van der Waals surface area contributed by atoms with E-state index in [1.54, 1.807) is 0 Å². The van der Waals surface area contributed by atoms with Crippen LogP contribution in [-0.2, 0) is 0 Å². The summed E-state index contributed by atoms with van der Waals surface area (Å²) in [7, 11) is 0. The standard InChI is InChI=1S/C19H22N2/c1-15-11-12-21(14-15)19(13-16-7-3-2-4-8-16)17-9-5-6-10-18(17)20/h2-10,13,15H,11-12,14,20H2,1H3/b19-13-. The van der Waals surface area contributed by atoms with Gasteiger partial charge in [-0.15, -0.1) is 0 Å². The lowest BCUT2D eigenvalue weighted by Crippen LogP contribution is -2.19. The maximum absolute atomic E-state index is 6.21. The van der Waals surface area contributed by atoms with E-state index in [1.165, 1.54) is 17.7 Å². The summed E-state index contributed by atoms with van der Waals surface area (Å²) in [6.07, 6.45) is 3.50. The molecule has 2 heteroatoms. The molecule has 0 saturated carbocycles.